The SMILES string of the molecule is NC(=S)COc1ccccc1NC(=O)c1cccc(=O)[nH]1. The molecule has 0 bridgehead atoms. The largest absolute Gasteiger partial charge is 0.484 e. The van der Waals surface area contributed by atoms with Crippen LogP contribution in [0, 0.1) is 0 Å². The molecule has 2 rings (SSSR count). The first-order chi connectivity index (χ1) is 10.1. The van der Waals surface area contributed by atoms with E-state index in [1.54, 1.807) is 24.3 Å². The zero-order valence-electron chi connectivity index (χ0n) is 11.0. The van der Waals surface area contributed by atoms with Crippen molar-refractivity contribution < 1.29 is 9.53 Å². The van der Waals surface area contributed by atoms with Crippen molar-refractivity contribution in [2.24, 2.45) is 5.73 Å². The number of carbonyl (C=O) groups excluding carboxylic acids is 1. The Morgan fingerprint density at radius 1 is 1.24 bits per heavy atom. The maximum Gasteiger partial charge on any atom is 0.272 e. The fraction of sp³-hybridized carbons (Fsp3) is 0.0714. The summed E-state index contributed by atoms with van der Waals surface area (Å²) in [4.78, 5) is 25.9. The molecule has 0 spiro atoms. The highest BCUT2D eigenvalue weighted by atomic mass is 32.1. The summed E-state index contributed by atoms with van der Waals surface area (Å²) in [7, 11) is 0. The van der Waals surface area contributed by atoms with Crippen LogP contribution in [-0.4, -0.2) is 22.5 Å². The van der Waals surface area contributed by atoms with Crippen LogP contribution in [0.5, 0.6) is 5.75 Å². The highest BCUT2D eigenvalue weighted by molar-refractivity contribution is 7.80. The van der Waals surface area contributed by atoms with Crippen LogP contribution < -0.4 is 21.3 Å². The minimum atomic E-state index is -0.445. The quantitative estimate of drug-likeness (QED) is 0.723. The van der Waals surface area contributed by atoms with Gasteiger partial charge in [0.05, 0.1) is 5.69 Å². The molecule has 6 nitrogen and oxygen atoms in total. The number of aromatic amines is 1. The van der Waals surface area contributed by atoms with Crippen molar-refractivity contribution in [1.29, 1.82) is 0 Å². The molecule has 108 valence electrons. The van der Waals surface area contributed by atoms with Crippen LogP contribution in [0.25, 0.3) is 0 Å². The lowest BCUT2D eigenvalue weighted by atomic mass is 10.2. The van der Waals surface area contributed by atoms with Crippen molar-refractivity contribution in [2.45, 2.75) is 0 Å². The van der Waals surface area contributed by atoms with Crippen molar-refractivity contribution in [2.75, 3.05) is 11.9 Å². The number of thiocarbonyl (C=S) groups is 1. The Morgan fingerprint density at radius 2 is 2.00 bits per heavy atom. The Morgan fingerprint density at radius 3 is 2.71 bits per heavy atom. The molecule has 0 saturated heterocycles. The monoisotopic (exact) mass is 303 g/mol. The molecule has 0 aliphatic heterocycles. The number of nitrogens with one attached hydrogen (secondary N) is 2. The van der Waals surface area contributed by atoms with Gasteiger partial charge in [0.15, 0.2) is 0 Å². The molecule has 0 aliphatic carbocycles. The van der Waals surface area contributed by atoms with E-state index >= 15 is 0 Å². The minimum Gasteiger partial charge on any atom is -0.484 e. The molecule has 1 aromatic carbocycles. The smallest absolute Gasteiger partial charge is 0.272 e. The summed E-state index contributed by atoms with van der Waals surface area (Å²) in [5, 5.41) is 2.66. The van der Waals surface area contributed by atoms with Gasteiger partial charge in [-0.25, -0.2) is 0 Å². The maximum atomic E-state index is 12.1. The Hall–Kier alpha value is -2.67. The van der Waals surface area contributed by atoms with E-state index in [-0.39, 0.29) is 22.8 Å². The standard InChI is InChI=1S/C14H13N3O3S/c15-12(21)8-20-11-6-2-1-4-9(11)17-14(19)10-5-3-7-13(18)16-10/h1-7H,8H2,(H2,15,21)(H,16,18)(H,17,19). The van der Waals surface area contributed by atoms with Gasteiger partial charge < -0.3 is 20.8 Å². The molecular weight excluding hydrogens is 290 g/mol. The molecular formula is C14H13N3O3S. The summed E-state index contributed by atoms with van der Waals surface area (Å²) in [5.74, 6) is -0.00370. The molecule has 1 heterocycles. The van der Waals surface area contributed by atoms with Gasteiger partial charge >= 0.3 is 0 Å². The van der Waals surface area contributed by atoms with E-state index in [0.717, 1.165) is 0 Å². The average molecular weight is 303 g/mol. The van der Waals surface area contributed by atoms with Crippen molar-refractivity contribution in [1.82, 2.24) is 4.98 Å². The molecule has 0 radical (unpaired) electrons. The summed E-state index contributed by atoms with van der Waals surface area (Å²) in [5.41, 5.74) is 5.65. The number of anilines is 1. The number of hydrogen-bond acceptors (Lipinski definition) is 4. The Balaban J connectivity index is 2.17. The molecule has 2 aromatic rings. The number of H-pyrrole nitrogens is 1. The fourth-order valence-electron chi connectivity index (χ4n) is 1.61. The summed E-state index contributed by atoms with van der Waals surface area (Å²) in [6.07, 6.45) is 0. The van der Waals surface area contributed by atoms with Crippen LogP contribution in [0.3, 0.4) is 0 Å². The summed E-state index contributed by atoms with van der Waals surface area (Å²) in [6, 6.07) is 11.2. The molecule has 4 N–H and O–H groups in total. The molecule has 0 saturated carbocycles. The second-order valence-corrected chi connectivity index (χ2v) is 4.66. The third-order valence-corrected chi connectivity index (χ3v) is 2.64. The van der Waals surface area contributed by atoms with Crippen molar-refractivity contribution in [3.8, 4) is 5.75 Å². The predicted molar refractivity (Wildman–Crippen MR) is 83.7 cm³/mol. The van der Waals surface area contributed by atoms with E-state index < -0.39 is 5.91 Å². The van der Waals surface area contributed by atoms with E-state index in [2.05, 4.69) is 10.3 Å². The van der Waals surface area contributed by atoms with Gasteiger partial charge in [0.1, 0.15) is 23.0 Å². The molecule has 0 aliphatic rings. The van der Waals surface area contributed by atoms with Crippen LogP contribution in [0.1, 0.15) is 10.5 Å². The molecule has 0 atom stereocenters. The van der Waals surface area contributed by atoms with Gasteiger partial charge in [0, 0.05) is 6.07 Å². The first-order valence-electron chi connectivity index (χ1n) is 6.07. The molecule has 1 amide bonds. The zero-order valence-corrected chi connectivity index (χ0v) is 11.8. The number of para-hydroxylation sites is 2. The number of aromatic nitrogens is 1. The number of amides is 1. The average Bonchev–Trinajstić information content (AvgIpc) is 2.46. The number of nitrogens with two attached hydrogens (primary N) is 1. The van der Waals surface area contributed by atoms with Crippen LogP contribution >= 0.6 is 12.2 Å². The second kappa shape index (κ2) is 6.67. The lowest BCUT2D eigenvalue weighted by Crippen LogP contribution is -2.20. The fourth-order valence-corrected chi connectivity index (χ4v) is 1.67. The van der Waals surface area contributed by atoms with Crippen LogP contribution in [0.2, 0.25) is 0 Å². The van der Waals surface area contributed by atoms with Crippen LogP contribution in [-0.2, 0) is 0 Å². The number of benzene rings is 1. The van der Waals surface area contributed by atoms with E-state index in [0.29, 0.717) is 11.4 Å². The highest BCUT2D eigenvalue weighted by Crippen LogP contribution is 2.24. The van der Waals surface area contributed by atoms with Gasteiger partial charge in [-0.3, -0.25) is 9.59 Å². The maximum absolute atomic E-state index is 12.1. The topological polar surface area (TPSA) is 97.2 Å². The number of rotatable bonds is 5. The Kier molecular flexibility index (Phi) is 4.68. The summed E-state index contributed by atoms with van der Waals surface area (Å²) in [6.45, 7) is 0.0738. The third kappa shape index (κ3) is 4.15. The highest BCUT2D eigenvalue weighted by Gasteiger charge is 2.10. The van der Waals surface area contributed by atoms with Crippen molar-refractivity contribution >= 4 is 28.8 Å². The van der Waals surface area contributed by atoms with Gasteiger partial charge in [0.2, 0.25) is 5.56 Å². The van der Waals surface area contributed by atoms with Gasteiger partial charge in [0.25, 0.3) is 5.91 Å². The van der Waals surface area contributed by atoms with E-state index in [4.69, 9.17) is 22.7 Å². The number of ether oxygens (including phenoxy) is 1. The van der Waals surface area contributed by atoms with Gasteiger partial charge in [-0.05, 0) is 18.2 Å². The number of carbonyl (C=O) groups is 1. The predicted octanol–water partition coefficient (Wildman–Crippen LogP) is 1.29. The third-order valence-electron chi connectivity index (χ3n) is 2.52. The number of pyridine rings is 1. The van der Waals surface area contributed by atoms with Gasteiger partial charge in [-0.1, -0.05) is 30.4 Å². The van der Waals surface area contributed by atoms with Crippen molar-refractivity contribution in [3.05, 3.63) is 58.5 Å². The summed E-state index contributed by atoms with van der Waals surface area (Å²) >= 11 is 4.74. The van der Waals surface area contributed by atoms with E-state index in [9.17, 15) is 9.59 Å². The first-order valence-corrected chi connectivity index (χ1v) is 6.48. The van der Waals surface area contributed by atoms with Crippen LogP contribution in [0.4, 0.5) is 5.69 Å². The first kappa shape index (κ1) is 14.7. The normalized spacial score (nSPS) is 9.90. The second-order valence-electron chi connectivity index (χ2n) is 4.13. The van der Waals surface area contributed by atoms with Crippen LogP contribution in [0.15, 0.2) is 47.3 Å². The molecule has 21 heavy (non-hydrogen) atoms. The Bertz CT molecular complexity index is 727. The van der Waals surface area contributed by atoms with E-state index in [1.807, 2.05) is 0 Å². The van der Waals surface area contributed by atoms with Gasteiger partial charge in [-0.2, -0.15) is 0 Å². The van der Waals surface area contributed by atoms with Gasteiger partial charge in [-0.15, -0.1) is 0 Å². The summed E-state index contributed by atoms with van der Waals surface area (Å²) < 4.78 is 5.41. The molecule has 0 fully saturated rings. The lowest BCUT2D eigenvalue weighted by Gasteiger charge is -2.11. The molecule has 7 heteroatoms. The zero-order chi connectivity index (χ0) is 15.2. The van der Waals surface area contributed by atoms with Crippen molar-refractivity contribution in [3.63, 3.8) is 0 Å². The molecule has 0 unspecified atom stereocenters. The lowest BCUT2D eigenvalue weighted by molar-refractivity contribution is 0.102. The molecule has 1 aromatic heterocycles. The minimum absolute atomic E-state index is 0.0738. The Labute approximate surface area is 125 Å². The van der Waals surface area contributed by atoms with E-state index in [1.165, 1.54) is 18.2 Å². The number of hydrogen-bond donors (Lipinski definition) is 3.